The average Bonchev–Trinajstić information content (AvgIpc) is 3.03. The fraction of sp³-hybridized carbons (Fsp3) is 0.350. The van der Waals surface area contributed by atoms with E-state index in [-0.39, 0.29) is 18.7 Å². The van der Waals surface area contributed by atoms with Gasteiger partial charge < -0.3 is 14.4 Å². The molecule has 0 aromatic heterocycles. The zero-order valence-electron chi connectivity index (χ0n) is 14.9. The Labute approximate surface area is 148 Å². The number of anilines is 1. The predicted molar refractivity (Wildman–Crippen MR) is 98.0 cm³/mol. The first kappa shape index (κ1) is 17.3. The lowest BCUT2D eigenvalue weighted by Gasteiger charge is -2.29. The molecule has 25 heavy (non-hydrogen) atoms. The van der Waals surface area contributed by atoms with Gasteiger partial charge in [-0.25, -0.2) is 0 Å². The van der Waals surface area contributed by atoms with Gasteiger partial charge in [0.25, 0.3) is 0 Å². The highest BCUT2D eigenvalue weighted by molar-refractivity contribution is 5.95. The highest BCUT2D eigenvalue weighted by Gasteiger charge is 2.20. The Morgan fingerprint density at radius 3 is 2.52 bits per heavy atom. The molecule has 0 fully saturated rings. The Bertz CT molecular complexity index is 731. The Morgan fingerprint density at radius 1 is 1.08 bits per heavy atom. The Balaban J connectivity index is 1.65. The molecule has 1 amide bonds. The van der Waals surface area contributed by atoms with Crippen LogP contribution in [0, 0.1) is 0 Å². The summed E-state index contributed by atoms with van der Waals surface area (Å²) >= 11 is 0. The highest BCUT2D eigenvalue weighted by Crippen LogP contribution is 2.32. The maximum absolute atomic E-state index is 12.8. The summed E-state index contributed by atoms with van der Waals surface area (Å²) in [5.41, 5.74) is 2.02. The van der Waals surface area contributed by atoms with Gasteiger partial charge in [-0.15, -0.1) is 0 Å². The molecular weight excluding hydrogens is 316 g/mol. The summed E-state index contributed by atoms with van der Waals surface area (Å²) in [5.74, 6) is 1.63. The van der Waals surface area contributed by atoms with Crippen LogP contribution in [0.25, 0.3) is 0 Å². The third kappa shape index (κ3) is 4.12. The molecule has 1 aliphatic heterocycles. The van der Waals surface area contributed by atoms with Crippen LogP contribution in [0.5, 0.6) is 11.5 Å². The van der Waals surface area contributed by atoms with Gasteiger partial charge in [-0.3, -0.25) is 9.69 Å². The maximum Gasteiger partial charge on any atom is 0.241 e. The summed E-state index contributed by atoms with van der Waals surface area (Å²) in [4.78, 5) is 16.7. The van der Waals surface area contributed by atoms with Crippen LogP contribution in [0.15, 0.2) is 48.5 Å². The molecule has 1 aliphatic rings. The predicted octanol–water partition coefficient (Wildman–Crippen LogP) is 3.29. The average molecular weight is 340 g/mol. The Kier molecular flexibility index (Phi) is 5.24. The van der Waals surface area contributed by atoms with Crippen molar-refractivity contribution in [3.8, 4) is 11.5 Å². The fourth-order valence-electron chi connectivity index (χ4n) is 3.03. The molecule has 132 valence electrons. The van der Waals surface area contributed by atoms with Crippen LogP contribution in [-0.2, 0) is 11.3 Å². The first-order chi connectivity index (χ1) is 12.0. The summed E-state index contributed by atoms with van der Waals surface area (Å²) in [6.07, 6.45) is 0. The lowest BCUT2D eigenvalue weighted by atomic mass is 10.2. The molecule has 0 saturated heterocycles. The van der Waals surface area contributed by atoms with E-state index in [4.69, 9.17) is 9.47 Å². The number of rotatable bonds is 6. The van der Waals surface area contributed by atoms with Crippen molar-refractivity contribution in [3.63, 3.8) is 0 Å². The van der Waals surface area contributed by atoms with E-state index >= 15 is 0 Å². The van der Waals surface area contributed by atoms with Gasteiger partial charge in [-0.05, 0) is 50.7 Å². The van der Waals surface area contributed by atoms with Crippen LogP contribution in [0.1, 0.15) is 19.4 Å². The van der Waals surface area contributed by atoms with Crippen LogP contribution in [0.3, 0.4) is 0 Å². The fourth-order valence-corrected chi connectivity index (χ4v) is 3.03. The molecule has 0 saturated carbocycles. The quantitative estimate of drug-likeness (QED) is 0.809. The number of hydrogen-bond acceptors (Lipinski definition) is 4. The third-order valence-corrected chi connectivity index (χ3v) is 4.11. The van der Waals surface area contributed by atoms with E-state index in [1.54, 1.807) is 0 Å². The van der Waals surface area contributed by atoms with Crippen LogP contribution in [0.2, 0.25) is 0 Å². The number of carbonyl (C=O) groups excluding carboxylic acids is 1. The van der Waals surface area contributed by atoms with E-state index in [0.29, 0.717) is 13.1 Å². The van der Waals surface area contributed by atoms with Gasteiger partial charge in [0.15, 0.2) is 11.5 Å². The zero-order valence-corrected chi connectivity index (χ0v) is 14.9. The number of fused-ring (bicyclic) bond motifs is 1. The topological polar surface area (TPSA) is 42.0 Å². The summed E-state index contributed by atoms with van der Waals surface area (Å²) in [5, 5.41) is 0. The van der Waals surface area contributed by atoms with Gasteiger partial charge in [0, 0.05) is 18.3 Å². The minimum atomic E-state index is 0.0874. The molecule has 0 spiro atoms. The number of amides is 1. The molecular formula is C20H24N2O3. The van der Waals surface area contributed by atoms with E-state index in [2.05, 4.69) is 0 Å². The summed E-state index contributed by atoms with van der Waals surface area (Å²) < 4.78 is 10.7. The minimum Gasteiger partial charge on any atom is -0.454 e. The summed E-state index contributed by atoms with van der Waals surface area (Å²) in [6, 6.07) is 15.8. The molecule has 5 heteroatoms. The number of carbonyl (C=O) groups is 1. The van der Waals surface area contributed by atoms with Crippen LogP contribution < -0.4 is 14.4 Å². The van der Waals surface area contributed by atoms with Crippen molar-refractivity contribution in [2.45, 2.75) is 26.4 Å². The van der Waals surface area contributed by atoms with Gasteiger partial charge >= 0.3 is 0 Å². The number of nitrogens with zero attached hydrogens (tertiary/aromatic N) is 2. The normalized spacial score (nSPS) is 12.7. The lowest BCUT2D eigenvalue weighted by Crippen LogP contribution is -2.42. The maximum atomic E-state index is 12.8. The first-order valence-corrected chi connectivity index (χ1v) is 8.49. The highest BCUT2D eigenvalue weighted by atomic mass is 16.7. The SMILES string of the molecule is CC(C)N(C(=O)CN(C)Cc1ccc2c(c1)OCO2)c1ccccc1. The molecule has 0 bridgehead atoms. The monoisotopic (exact) mass is 340 g/mol. The van der Waals surface area contributed by atoms with Crippen molar-refractivity contribution < 1.29 is 14.3 Å². The van der Waals surface area contributed by atoms with Gasteiger partial charge in [0.1, 0.15) is 0 Å². The van der Waals surface area contributed by atoms with E-state index in [0.717, 1.165) is 22.7 Å². The minimum absolute atomic E-state index is 0.0874. The molecule has 0 atom stereocenters. The molecule has 0 radical (unpaired) electrons. The second-order valence-corrected chi connectivity index (χ2v) is 6.55. The second-order valence-electron chi connectivity index (χ2n) is 6.55. The number of para-hydroxylation sites is 1. The van der Waals surface area contributed by atoms with Crippen molar-refractivity contribution in [2.24, 2.45) is 0 Å². The van der Waals surface area contributed by atoms with E-state index in [1.165, 1.54) is 0 Å². The Morgan fingerprint density at radius 2 is 1.80 bits per heavy atom. The van der Waals surface area contributed by atoms with Crippen molar-refractivity contribution in [1.29, 1.82) is 0 Å². The lowest BCUT2D eigenvalue weighted by molar-refractivity contribution is -0.119. The third-order valence-electron chi connectivity index (χ3n) is 4.11. The smallest absolute Gasteiger partial charge is 0.241 e. The van der Waals surface area contributed by atoms with E-state index < -0.39 is 0 Å². The number of benzene rings is 2. The van der Waals surface area contributed by atoms with E-state index in [1.807, 2.05) is 79.2 Å². The van der Waals surface area contributed by atoms with Crippen molar-refractivity contribution in [1.82, 2.24) is 4.90 Å². The van der Waals surface area contributed by atoms with Gasteiger partial charge in [-0.2, -0.15) is 0 Å². The van der Waals surface area contributed by atoms with Crippen molar-refractivity contribution in [2.75, 3.05) is 25.3 Å². The summed E-state index contributed by atoms with van der Waals surface area (Å²) in [7, 11) is 1.95. The summed E-state index contributed by atoms with van der Waals surface area (Å²) in [6.45, 7) is 5.35. The van der Waals surface area contributed by atoms with Crippen LogP contribution >= 0.6 is 0 Å². The Hall–Kier alpha value is -2.53. The number of ether oxygens (including phenoxy) is 2. The van der Waals surface area contributed by atoms with Crippen LogP contribution in [-0.4, -0.2) is 37.2 Å². The zero-order chi connectivity index (χ0) is 17.8. The van der Waals surface area contributed by atoms with Gasteiger partial charge in [-0.1, -0.05) is 24.3 Å². The number of hydrogen-bond donors (Lipinski definition) is 0. The molecule has 0 aliphatic carbocycles. The molecule has 0 unspecified atom stereocenters. The van der Waals surface area contributed by atoms with Gasteiger partial charge in [0.2, 0.25) is 12.7 Å². The van der Waals surface area contributed by atoms with Crippen LogP contribution in [0.4, 0.5) is 5.69 Å². The van der Waals surface area contributed by atoms with Gasteiger partial charge in [0.05, 0.1) is 6.54 Å². The molecule has 2 aromatic carbocycles. The first-order valence-electron chi connectivity index (χ1n) is 8.49. The molecule has 1 heterocycles. The van der Waals surface area contributed by atoms with Crippen molar-refractivity contribution in [3.05, 3.63) is 54.1 Å². The second kappa shape index (κ2) is 7.57. The van der Waals surface area contributed by atoms with Crippen molar-refractivity contribution >= 4 is 11.6 Å². The molecule has 3 rings (SSSR count). The molecule has 5 nitrogen and oxygen atoms in total. The largest absolute Gasteiger partial charge is 0.454 e. The van der Waals surface area contributed by atoms with E-state index in [9.17, 15) is 4.79 Å². The molecule has 0 N–H and O–H groups in total. The number of likely N-dealkylation sites (N-methyl/N-ethyl adjacent to an activating group) is 1. The standard InChI is InChI=1S/C20H24N2O3/c1-15(2)22(17-7-5-4-6-8-17)20(23)13-21(3)12-16-9-10-18-19(11-16)25-14-24-18/h4-11,15H,12-14H2,1-3H3. The molecule has 2 aromatic rings.